The minimum atomic E-state index is -0.537. The van der Waals surface area contributed by atoms with Crippen molar-refractivity contribution in [2.45, 2.75) is 18.9 Å². The standard InChI is InChI=1S/C21H22N4O.ClH/c1-24-14-18(13-23-24)17-8-7-16-9-10-25(20(16)12-17)21(26)19(22)11-15-5-3-2-4-6-15;/h2-8,12-14,19H,9-11,22H2,1H3;1H/t19-;/m0./s1. The number of hydrogen-bond acceptors (Lipinski definition) is 3. The van der Waals surface area contributed by atoms with Crippen LogP contribution < -0.4 is 10.6 Å². The molecule has 2 N–H and O–H groups in total. The Morgan fingerprint density at radius 3 is 2.67 bits per heavy atom. The Balaban J connectivity index is 0.00000210. The molecule has 0 bridgehead atoms. The summed E-state index contributed by atoms with van der Waals surface area (Å²) in [6.45, 7) is 0.688. The fourth-order valence-electron chi connectivity index (χ4n) is 3.51. The molecular formula is C21H23ClN4O. The van der Waals surface area contributed by atoms with Crippen LogP contribution in [0.25, 0.3) is 11.1 Å². The van der Waals surface area contributed by atoms with Crippen molar-refractivity contribution in [2.24, 2.45) is 12.8 Å². The lowest BCUT2D eigenvalue weighted by molar-refractivity contribution is -0.119. The summed E-state index contributed by atoms with van der Waals surface area (Å²) in [6.07, 6.45) is 5.23. The fourth-order valence-corrected chi connectivity index (χ4v) is 3.51. The number of anilines is 1. The molecule has 4 rings (SSSR count). The Hall–Kier alpha value is -2.63. The first-order chi connectivity index (χ1) is 12.6. The number of benzene rings is 2. The van der Waals surface area contributed by atoms with Crippen LogP contribution in [0.4, 0.5) is 5.69 Å². The van der Waals surface area contributed by atoms with Gasteiger partial charge in [-0.05, 0) is 35.6 Å². The first kappa shape index (κ1) is 19.1. The number of nitrogens with two attached hydrogens (primary N) is 1. The minimum absolute atomic E-state index is 0. The van der Waals surface area contributed by atoms with Gasteiger partial charge < -0.3 is 10.6 Å². The van der Waals surface area contributed by atoms with Gasteiger partial charge in [-0.15, -0.1) is 12.4 Å². The van der Waals surface area contributed by atoms with Crippen LogP contribution in [0.2, 0.25) is 0 Å². The van der Waals surface area contributed by atoms with Gasteiger partial charge in [0, 0.05) is 31.0 Å². The second-order valence-corrected chi connectivity index (χ2v) is 6.78. The second-order valence-electron chi connectivity index (χ2n) is 6.78. The number of hydrogen-bond donors (Lipinski definition) is 1. The minimum Gasteiger partial charge on any atom is -0.320 e. The summed E-state index contributed by atoms with van der Waals surface area (Å²) in [5.74, 6) is -0.0176. The highest BCUT2D eigenvalue weighted by Crippen LogP contribution is 2.33. The molecule has 0 saturated heterocycles. The van der Waals surface area contributed by atoms with Gasteiger partial charge in [0.15, 0.2) is 0 Å². The molecule has 1 aliphatic heterocycles. The zero-order valence-corrected chi connectivity index (χ0v) is 16.0. The van der Waals surface area contributed by atoms with Crippen LogP contribution in [0.5, 0.6) is 0 Å². The van der Waals surface area contributed by atoms with Crippen LogP contribution in [0.15, 0.2) is 60.9 Å². The van der Waals surface area contributed by atoms with Crippen molar-refractivity contribution in [2.75, 3.05) is 11.4 Å². The predicted octanol–water partition coefficient (Wildman–Crippen LogP) is 2.97. The van der Waals surface area contributed by atoms with E-state index in [1.54, 1.807) is 4.68 Å². The van der Waals surface area contributed by atoms with E-state index in [0.717, 1.165) is 28.8 Å². The van der Waals surface area contributed by atoms with E-state index in [9.17, 15) is 4.79 Å². The number of carbonyl (C=O) groups is 1. The van der Waals surface area contributed by atoms with E-state index in [-0.39, 0.29) is 18.3 Å². The molecule has 27 heavy (non-hydrogen) atoms. The topological polar surface area (TPSA) is 64.2 Å². The smallest absolute Gasteiger partial charge is 0.244 e. The lowest BCUT2D eigenvalue weighted by Gasteiger charge is -2.22. The molecule has 0 saturated carbocycles. The van der Waals surface area contributed by atoms with Crippen molar-refractivity contribution >= 4 is 24.0 Å². The summed E-state index contributed by atoms with van der Waals surface area (Å²) in [5, 5.41) is 4.23. The van der Waals surface area contributed by atoms with E-state index in [1.165, 1.54) is 5.56 Å². The first-order valence-electron chi connectivity index (χ1n) is 8.84. The van der Waals surface area contributed by atoms with E-state index in [4.69, 9.17) is 5.73 Å². The van der Waals surface area contributed by atoms with Crippen molar-refractivity contribution in [3.8, 4) is 11.1 Å². The maximum absolute atomic E-state index is 12.9. The van der Waals surface area contributed by atoms with Gasteiger partial charge in [0.2, 0.25) is 5.91 Å². The Morgan fingerprint density at radius 1 is 1.19 bits per heavy atom. The molecule has 1 amide bonds. The number of aryl methyl sites for hydroxylation is 1. The summed E-state index contributed by atoms with van der Waals surface area (Å²) in [6, 6.07) is 15.7. The van der Waals surface area contributed by atoms with E-state index in [2.05, 4.69) is 23.3 Å². The highest BCUT2D eigenvalue weighted by molar-refractivity contribution is 5.99. The maximum Gasteiger partial charge on any atom is 0.244 e. The zero-order valence-electron chi connectivity index (χ0n) is 15.2. The molecule has 2 aromatic carbocycles. The SMILES string of the molecule is Cl.Cn1cc(-c2ccc3c(c2)N(C(=O)[C@@H](N)Cc2ccccc2)CC3)cn1. The largest absolute Gasteiger partial charge is 0.320 e. The summed E-state index contributed by atoms with van der Waals surface area (Å²) in [4.78, 5) is 14.8. The van der Waals surface area contributed by atoms with E-state index < -0.39 is 6.04 Å². The van der Waals surface area contributed by atoms with Crippen LogP contribution in [0, 0.1) is 0 Å². The van der Waals surface area contributed by atoms with E-state index >= 15 is 0 Å². The molecule has 5 nitrogen and oxygen atoms in total. The first-order valence-corrected chi connectivity index (χ1v) is 8.84. The molecule has 1 aromatic heterocycles. The van der Waals surface area contributed by atoms with Crippen molar-refractivity contribution in [1.82, 2.24) is 9.78 Å². The lowest BCUT2D eigenvalue weighted by atomic mass is 10.0. The van der Waals surface area contributed by atoms with Gasteiger partial charge in [-0.1, -0.05) is 42.5 Å². The molecule has 140 valence electrons. The molecule has 1 atom stereocenters. The summed E-state index contributed by atoms with van der Waals surface area (Å²) >= 11 is 0. The highest BCUT2D eigenvalue weighted by Gasteiger charge is 2.28. The van der Waals surface area contributed by atoms with Gasteiger partial charge in [0.1, 0.15) is 0 Å². The number of fused-ring (bicyclic) bond motifs is 1. The van der Waals surface area contributed by atoms with Gasteiger partial charge in [-0.2, -0.15) is 5.10 Å². The molecule has 0 radical (unpaired) electrons. The van der Waals surface area contributed by atoms with Crippen molar-refractivity contribution in [3.05, 3.63) is 72.1 Å². The van der Waals surface area contributed by atoms with Gasteiger partial charge >= 0.3 is 0 Å². The molecule has 2 heterocycles. The van der Waals surface area contributed by atoms with Crippen molar-refractivity contribution < 1.29 is 4.79 Å². The molecule has 0 aliphatic carbocycles. The molecule has 6 heteroatoms. The maximum atomic E-state index is 12.9. The quantitative estimate of drug-likeness (QED) is 0.754. The number of amides is 1. The fraction of sp³-hybridized carbons (Fsp3) is 0.238. The summed E-state index contributed by atoms with van der Waals surface area (Å²) in [7, 11) is 1.90. The molecule has 0 spiro atoms. The monoisotopic (exact) mass is 382 g/mol. The zero-order chi connectivity index (χ0) is 18.1. The van der Waals surface area contributed by atoms with Gasteiger partial charge in [-0.3, -0.25) is 9.48 Å². The normalized spacial score (nSPS) is 13.8. The Bertz CT molecular complexity index is 938. The number of aromatic nitrogens is 2. The second kappa shape index (κ2) is 7.94. The third kappa shape index (κ3) is 3.89. The third-order valence-corrected chi connectivity index (χ3v) is 4.90. The molecule has 0 fully saturated rings. The van der Waals surface area contributed by atoms with Crippen LogP contribution in [-0.4, -0.2) is 28.3 Å². The lowest BCUT2D eigenvalue weighted by Crippen LogP contribution is -2.44. The van der Waals surface area contributed by atoms with Crippen LogP contribution >= 0.6 is 12.4 Å². The van der Waals surface area contributed by atoms with Crippen molar-refractivity contribution in [1.29, 1.82) is 0 Å². The molecule has 1 aliphatic rings. The molecule has 0 unspecified atom stereocenters. The highest BCUT2D eigenvalue weighted by atomic mass is 35.5. The Labute approximate surface area is 165 Å². The van der Waals surface area contributed by atoms with Gasteiger partial charge in [0.05, 0.1) is 12.2 Å². The van der Waals surface area contributed by atoms with Crippen LogP contribution in [0.1, 0.15) is 11.1 Å². The average Bonchev–Trinajstić information content (AvgIpc) is 3.27. The number of nitrogens with zero attached hydrogens (tertiary/aromatic N) is 3. The van der Waals surface area contributed by atoms with E-state index in [1.807, 2.05) is 54.7 Å². The van der Waals surface area contributed by atoms with E-state index in [0.29, 0.717) is 13.0 Å². The van der Waals surface area contributed by atoms with Crippen LogP contribution in [-0.2, 0) is 24.7 Å². The summed E-state index contributed by atoms with van der Waals surface area (Å²) < 4.78 is 1.78. The van der Waals surface area contributed by atoms with Gasteiger partial charge in [-0.25, -0.2) is 0 Å². The third-order valence-electron chi connectivity index (χ3n) is 4.90. The predicted molar refractivity (Wildman–Crippen MR) is 110 cm³/mol. The number of carbonyl (C=O) groups excluding carboxylic acids is 1. The number of halogens is 1. The van der Waals surface area contributed by atoms with Gasteiger partial charge in [0.25, 0.3) is 0 Å². The number of rotatable bonds is 4. The average molecular weight is 383 g/mol. The molecular weight excluding hydrogens is 360 g/mol. The molecule has 3 aromatic rings. The van der Waals surface area contributed by atoms with Crippen molar-refractivity contribution in [3.63, 3.8) is 0 Å². The summed E-state index contributed by atoms with van der Waals surface area (Å²) in [5.41, 5.74) is 11.6. The Kier molecular flexibility index (Phi) is 5.63. The van der Waals surface area contributed by atoms with Crippen LogP contribution in [0.3, 0.4) is 0 Å². The Morgan fingerprint density at radius 2 is 1.96 bits per heavy atom.